The first-order valence-corrected chi connectivity index (χ1v) is 11.9. The molecule has 190 valence electrons. The lowest BCUT2D eigenvalue weighted by molar-refractivity contribution is -0.154. The van der Waals surface area contributed by atoms with E-state index in [1.807, 2.05) is 0 Å². The van der Waals surface area contributed by atoms with Crippen LogP contribution in [-0.4, -0.2) is 59.8 Å². The number of nitrogens with zero attached hydrogens (tertiary/aromatic N) is 1. The van der Waals surface area contributed by atoms with Crippen molar-refractivity contribution in [3.05, 3.63) is 52.3 Å². The number of benzene rings is 2. The van der Waals surface area contributed by atoms with Crippen LogP contribution in [0.4, 0.5) is 10.1 Å². The van der Waals surface area contributed by atoms with E-state index in [9.17, 15) is 23.9 Å². The van der Waals surface area contributed by atoms with Crippen molar-refractivity contribution < 1.29 is 33.4 Å². The van der Waals surface area contributed by atoms with Crippen LogP contribution >= 0.6 is 23.2 Å². The minimum absolute atomic E-state index is 0.0326. The molecule has 3 saturated carbocycles. The average Bonchev–Trinajstić information content (AvgIpc) is 2.77. The number of fused-ring (bicyclic) bond motifs is 1. The van der Waals surface area contributed by atoms with Gasteiger partial charge in [0.05, 0.1) is 17.3 Å². The van der Waals surface area contributed by atoms with Gasteiger partial charge in [0.2, 0.25) is 0 Å². The van der Waals surface area contributed by atoms with E-state index in [4.69, 9.17) is 32.7 Å². The number of carbonyl (C=O) groups excluding carboxylic acids is 2. The van der Waals surface area contributed by atoms with Crippen molar-refractivity contribution in [1.82, 2.24) is 10.6 Å². The molecule has 1 atom stereocenters. The van der Waals surface area contributed by atoms with E-state index in [0.717, 1.165) is 6.07 Å². The molecule has 36 heavy (non-hydrogen) atoms. The first-order chi connectivity index (χ1) is 17.1. The Morgan fingerprint density at radius 1 is 1.11 bits per heavy atom. The molecule has 9 nitrogen and oxygen atoms in total. The fourth-order valence-electron chi connectivity index (χ4n) is 5.22. The lowest BCUT2D eigenvalue weighted by Gasteiger charge is -2.70. The van der Waals surface area contributed by atoms with E-state index < -0.39 is 29.0 Å². The Balaban J connectivity index is 1.13. The van der Waals surface area contributed by atoms with Gasteiger partial charge in [0.25, 0.3) is 11.8 Å². The van der Waals surface area contributed by atoms with Crippen LogP contribution in [0.1, 0.15) is 19.3 Å². The fourth-order valence-corrected chi connectivity index (χ4v) is 5.50. The maximum atomic E-state index is 13.5. The summed E-state index contributed by atoms with van der Waals surface area (Å²) < 4.78 is 24.7. The predicted octanol–water partition coefficient (Wildman–Crippen LogP) is 2.77. The second-order valence-corrected chi connectivity index (χ2v) is 10.3. The van der Waals surface area contributed by atoms with Crippen LogP contribution in [0.5, 0.6) is 11.5 Å². The third kappa shape index (κ3) is 4.75. The maximum absolute atomic E-state index is 13.5. The number of hydrogen-bond donors (Lipinski definition) is 3. The number of halogens is 3. The molecular weight excluding hydrogens is 516 g/mol. The van der Waals surface area contributed by atoms with Crippen molar-refractivity contribution in [2.24, 2.45) is 0 Å². The van der Waals surface area contributed by atoms with Crippen molar-refractivity contribution >= 4 is 46.7 Å². The molecule has 1 aliphatic heterocycles. The van der Waals surface area contributed by atoms with Crippen LogP contribution in [0.15, 0.2) is 36.4 Å². The van der Waals surface area contributed by atoms with Gasteiger partial charge in [0, 0.05) is 22.2 Å². The maximum Gasteiger partial charge on any atom is 0.323 e. The first kappa shape index (κ1) is 24.5. The molecule has 1 heterocycles. The van der Waals surface area contributed by atoms with Crippen LogP contribution in [0, 0.1) is 5.82 Å². The highest BCUT2D eigenvalue weighted by atomic mass is 35.5. The van der Waals surface area contributed by atoms with E-state index in [0.29, 0.717) is 35.7 Å². The van der Waals surface area contributed by atoms with Gasteiger partial charge in [-0.25, -0.2) is 4.39 Å². The normalized spacial score (nSPS) is 25.4. The summed E-state index contributed by atoms with van der Waals surface area (Å²) in [5.41, 5.74) is -0.332. The standard InChI is InChI=1S/C24H22Cl2FN3O6/c25-13-1-4-18-17(5-13)30(8-21(32)33)7-19(36-18)22(34)29-24-10-23(11-24,12-24)28-20(31)9-35-14-2-3-15(26)16(27)6-14/h1-6,19H,7-12H2,(H,28,31)(H,29,34)(H,32,33)/t19-,23?,24?/m0/s1. The Kier molecular flexibility index (Phi) is 6.12. The van der Waals surface area contributed by atoms with Crippen LogP contribution in [-0.2, 0) is 14.4 Å². The third-order valence-electron chi connectivity index (χ3n) is 6.62. The van der Waals surface area contributed by atoms with Gasteiger partial charge in [-0.05, 0) is 49.6 Å². The minimum atomic E-state index is -1.04. The molecule has 2 amide bonds. The molecule has 0 unspecified atom stereocenters. The molecule has 3 fully saturated rings. The smallest absolute Gasteiger partial charge is 0.323 e. The Labute approximate surface area is 215 Å². The Bertz CT molecular complexity index is 1240. The molecule has 2 bridgehead atoms. The number of anilines is 1. The van der Waals surface area contributed by atoms with Crippen molar-refractivity contribution in [3.63, 3.8) is 0 Å². The van der Waals surface area contributed by atoms with Gasteiger partial charge in [-0.2, -0.15) is 0 Å². The van der Waals surface area contributed by atoms with E-state index in [2.05, 4.69) is 10.6 Å². The monoisotopic (exact) mass is 537 g/mol. The summed E-state index contributed by atoms with van der Waals surface area (Å²) >= 11 is 11.7. The van der Waals surface area contributed by atoms with Crippen molar-refractivity contribution in [2.45, 2.75) is 36.4 Å². The van der Waals surface area contributed by atoms with E-state index >= 15 is 0 Å². The number of carbonyl (C=O) groups is 3. The molecule has 6 rings (SSSR count). The second-order valence-electron chi connectivity index (χ2n) is 9.49. The number of carboxylic acid groups (broad SMARTS) is 1. The van der Waals surface area contributed by atoms with Gasteiger partial charge in [-0.15, -0.1) is 0 Å². The molecule has 4 aliphatic rings. The highest BCUT2D eigenvalue weighted by molar-refractivity contribution is 6.31. The van der Waals surface area contributed by atoms with Gasteiger partial charge in [-0.1, -0.05) is 23.2 Å². The molecule has 0 saturated heterocycles. The Morgan fingerprint density at radius 2 is 1.83 bits per heavy atom. The van der Waals surface area contributed by atoms with E-state index in [-0.39, 0.29) is 42.3 Å². The van der Waals surface area contributed by atoms with Gasteiger partial charge in [0.1, 0.15) is 23.9 Å². The lowest BCUT2D eigenvalue weighted by atomic mass is 9.44. The SMILES string of the molecule is O=C(O)CN1C[C@@H](C(=O)NC23CC(NC(=O)COc4ccc(Cl)c(F)c4)(C2)C3)Oc2ccc(Cl)cc21. The molecule has 3 aliphatic carbocycles. The summed E-state index contributed by atoms with van der Waals surface area (Å²) in [7, 11) is 0. The average molecular weight is 538 g/mol. The number of carboxylic acids is 1. The molecule has 0 spiro atoms. The van der Waals surface area contributed by atoms with Gasteiger partial charge >= 0.3 is 5.97 Å². The lowest BCUT2D eigenvalue weighted by Crippen LogP contribution is -2.84. The molecule has 0 radical (unpaired) electrons. The van der Waals surface area contributed by atoms with Crippen LogP contribution in [0.2, 0.25) is 10.0 Å². The van der Waals surface area contributed by atoms with Crippen molar-refractivity contribution in [3.8, 4) is 11.5 Å². The number of aliphatic carboxylic acids is 1. The van der Waals surface area contributed by atoms with Crippen molar-refractivity contribution in [1.29, 1.82) is 0 Å². The van der Waals surface area contributed by atoms with Gasteiger partial charge in [0.15, 0.2) is 12.7 Å². The van der Waals surface area contributed by atoms with Crippen LogP contribution in [0.3, 0.4) is 0 Å². The quantitative estimate of drug-likeness (QED) is 0.473. The molecule has 2 aromatic carbocycles. The number of hydrogen-bond acceptors (Lipinski definition) is 6. The zero-order chi connectivity index (χ0) is 25.7. The third-order valence-corrected chi connectivity index (χ3v) is 7.16. The van der Waals surface area contributed by atoms with Gasteiger partial charge < -0.3 is 30.1 Å². The molecular formula is C24H22Cl2FN3O6. The summed E-state index contributed by atoms with van der Waals surface area (Å²) in [6.45, 7) is -0.515. The largest absolute Gasteiger partial charge is 0.484 e. The van der Waals surface area contributed by atoms with E-state index in [1.54, 1.807) is 23.1 Å². The van der Waals surface area contributed by atoms with Crippen LogP contribution < -0.4 is 25.0 Å². The number of rotatable bonds is 8. The number of ether oxygens (including phenoxy) is 2. The zero-order valence-corrected chi connectivity index (χ0v) is 20.4. The van der Waals surface area contributed by atoms with Gasteiger partial charge in [-0.3, -0.25) is 14.4 Å². The molecule has 12 heteroatoms. The summed E-state index contributed by atoms with van der Waals surface area (Å²) in [6, 6.07) is 8.76. The summed E-state index contributed by atoms with van der Waals surface area (Å²) in [4.78, 5) is 38.2. The fraction of sp³-hybridized carbons (Fsp3) is 0.375. The van der Waals surface area contributed by atoms with Crippen molar-refractivity contribution in [2.75, 3.05) is 24.6 Å². The summed E-state index contributed by atoms with van der Waals surface area (Å²) in [5.74, 6) is -1.79. The first-order valence-electron chi connectivity index (χ1n) is 11.2. The molecule has 2 aromatic rings. The van der Waals surface area contributed by atoms with E-state index in [1.165, 1.54) is 12.1 Å². The highest BCUT2D eigenvalue weighted by Gasteiger charge is 2.69. The van der Waals surface area contributed by atoms with Crippen LogP contribution in [0.25, 0.3) is 0 Å². The molecule has 3 N–H and O–H groups in total. The molecule has 0 aromatic heterocycles. The number of amides is 2. The highest BCUT2D eigenvalue weighted by Crippen LogP contribution is 2.60. The number of nitrogens with one attached hydrogen (secondary N) is 2. The predicted molar refractivity (Wildman–Crippen MR) is 128 cm³/mol. The second kappa shape index (κ2) is 9.01. The Hall–Kier alpha value is -3.24. The topological polar surface area (TPSA) is 117 Å². The Morgan fingerprint density at radius 3 is 2.53 bits per heavy atom. The minimum Gasteiger partial charge on any atom is -0.484 e. The summed E-state index contributed by atoms with van der Waals surface area (Å²) in [6.07, 6.45) is 0.784. The summed E-state index contributed by atoms with van der Waals surface area (Å²) in [5, 5.41) is 15.6. The zero-order valence-electron chi connectivity index (χ0n) is 18.9.